The van der Waals surface area contributed by atoms with Crippen LogP contribution in [0.2, 0.25) is 0 Å². The van der Waals surface area contributed by atoms with Crippen LogP contribution in [-0.4, -0.2) is 17.8 Å². The summed E-state index contributed by atoms with van der Waals surface area (Å²) in [6, 6.07) is 8.15. The molecule has 72 valence electrons. The summed E-state index contributed by atoms with van der Waals surface area (Å²) in [6.45, 7) is 2.51. The van der Waals surface area contributed by atoms with Crippen LogP contribution in [0, 0.1) is 0 Å². The average Bonchev–Trinajstić information content (AvgIpc) is 2.65. The van der Waals surface area contributed by atoms with Crippen molar-refractivity contribution in [1.29, 1.82) is 0 Å². The first-order chi connectivity index (χ1) is 6.90. The van der Waals surface area contributed by atoms with Gasteiger partial charge in [-0.15, -0.1) is 0 Å². The Labute approximate surface area is 82.4 Å². The van der Waals surface area contributed by atoms with E-state index in [1.165, 1.54) is 5.39 Å². The maximum atomic E-state index is 4.89. The van der Waals surface area contributed by atoms with E-state index >= 15 is 0 Å². The van der Waals surface area contributed by atoms with E-state index in [-0.39, 0.29) is 0 Å². The number of fused-ring (bicyclic) bond motifs is 1. The van der Waals surface area contributed by atoms with Crippen LogP contribution < -0.4 is 0 Å². The SMILES string of the molecule is CCON=Cc1ccc2cc[nH]c2c1. The molecule has 0 aliphatic heterocycles. The second-order valence-corrected chi connectivity index (χ2v) is 2.98. The Morgan fingerprint density at radius 1 is 1.43 bits per heavy atom. The second kappa shape index (κ2) is 3.96. The van der Waals surface area contributed by atoms with Gasteiger partial charge in [0.15, 0.2) is 0 Å². The third kappa shape index (κ3) is 1.76. The summed E-state index contributed by atoms with van der Waals surface area (Å²) in [5, 5.41) is 5.02. The van der Waals surface area contributed by atoms with Crippen LogP contribution in [0.3, 0.4) is 0 Å². The van der Waals surface area contributed by atoms with E-state index in [4.69, 9.17) is 4.84 Å². The molecule has 3 nitrogen and oxygen atoms in total. The van der Waals surface area contributed by atoms with Gasteiger partial charge in [-0.3, -0.25) is 0 Å². The smallest absolute Gasteiger partial charge is 0.114 e. The number of rotatable bonds is 3. The summed E-state index contributed by atoms with van der Waals surface area (Å²) < 4.78 is 0. The predicted molar refractivity (Wildman–Crippen MR) is 57.5 cm³/mol. The molecule has 2 aromatic rings. The zero-order valence-corrected chi connectivity index (χ0v) is 8.03. The lowest BCUT2D eigenvalue weighted by molar-refractivity contribution is 0.160. The number of aromatic amines is 1. The molecule has 0 saturated heterocycles. The number of H-pyrrole nitrogens is 1. The van der Waals surface area contributed by atoms with Crippen LogP contribution in [0.25, 0.3) is 10.9 Å². The average molecular weight is 188 g/mol. The molecule has 1 aromatic heterocycles. The molecule has 0 aliphatic rings. The molecule has 2 rings (SSSR count). The Hall–Kier alpha value is -1.77. The Morgan fingerprint density at radius 2 is 2.36 bits per heavy atom. The van der Waals surface area contributed by atoms with Gasteiger partial charge in [0, 0.05) is 11.7 Å². The molecule has 0 saturated carbocycles. The standard InChI is InChI=1S/C11H12N2O/c1-2-14-13-8-9-3-4-10-5-6-12-11(10)7-9/h3-8,12H,2H2,1H3. The Balaban J connectivity index is 2.25. The first-order valence-electron chi connectivity index (χ1n) is 4.62. The van der Waals surface area contributed by atoms with Crippen molar-refractivity contribution in [2.24, 2.45) is 5.16 Å². The molecule has 0 bridgehead atoms. The lowest BCUT2D eigenvalue weighted by Crippen LogP contribution is -1.84. The fraction of sp³-hybridized carbons (Fsp3) is 0.182. The van der Waals surface area contributed by atoms with Crippen molar-refractivity contribution in [3.63, 3.8) is 0 Å². The van der Waals surface area contributed by atoms with E-state index < -0.39 is 0 Å². The molecule has 0 spiro atoms. The van der Waals surface area contributed by atoms with Crippen molar-refractivity contribution in [2.45, 2.75) is 6.92 Å². The molecule has 0 amide bonds. The van der Waals surface area contributed by atoms with Crippen LogP contribution in [0.4, 0.5) is 0 Å². The first-order valence-corrected chi connectivity index (χ1v) is 4.62. The zero-order valence-electron chi connectivity index (χ0n) is 8.03. The summed E-state index contributed by atoms with van der Waals surface area (Å²) in [7, 11) is 0. The third-order valence-corrected chi connectivity index (χ3v) is 1.98. The molecule has 0 aliphatic carbocycles. The highest BCUT2D eigenvalue weighted by molar-refractivity contribution is 5.88. The number of oxime groups is 1. The monoisotopic (exact) mass is 188 g/mol. The fourth-order valence-corrected chi connectivity index (χ4v) is 1.32. The van der Waals surface area contributed by atoms with Gasteiger partial charge < -0.3 is 9.82 Å². The molecule has 3 heteroatoms. The van der Waals surface area contributed by atoms with Gasteiger partial charge in [-0.2, -0.15) is 0 Å². The molecular formula is C11H12N2O. The predicted octanol–water partition coefficient (Wildman–Crippen LogP) is 2.54. The summed E-state index contributed by atoms with van der Waals surface area (Å²) in [5.41, 5.74) is 2.15. The van der Waals surface area contributed by atoms with Gasteiger partial charge >= 0.3 is 0 Å². The molecular weight excluding hydrogens is 176 g/mol. The Bertz CT molecular complexity index is 445. The normalized spacial score (nSPS) is 11.2. The highest BCUT2D eigenvalue weighted by atomic mass is 16.6. The van der Waals surface area contributed by atoms with Gasteiger partial charge in [-0.1, -0.05) is 17.3 Å². The molecule has 1 N–H and O–H groups in total. The van der Waals surface area contributed by atoms with E-state index in [0.717, 1.165) is 11.1 Å². The molecule has 0 fully saturated rings. The summed E-state index contributed by atoms with van der Waals surface area (Å²) in [6.07, 6.45) is 3.64. The number of benzene rings is 1. The van der Waals surface area contributed by atoms with Gasteiger partial charge in [0.1, 0.15) is 6.61 Å². The second-order valence-electron chi connectivity index (χ2n) is 2.98. The summed E-state index contributed by atoms with van der Waals surface area (Å²) >= 11 is 0. The lowest BCUT2D eigenvalue weighted by Gasteiger charge is -1.94. The highest BCUT2D eigenvalue weighted by Gasteiger charge is 1.94. The number of aromatic nitrogens is 1. The van der Waals surface area contributed by atoms with Crippen LogP contribution in [0.5, 0.6) is 0 Å². The number of hydrogen-bond acceptors (Lipinski definition) is 2. The van der Waals surface area contributed by atoms with Crippen molar-refractivity contribution >= 4 is 17.1 Å². The quantitative estimate of drug-likeness (QED) is 0.583. The molecule has 0 radical (unpaired) electrons. The van der Waals surface area contributed by atoms with Crippen LogP contribution in [-0.2, 0) is 4.84 Å². The topological polar surface area (TPSA) is 37.4 Å². The maximum Gasteiger partial charge on any atom is 0.114 e. The maximum absolute atomic E-state index is 4.89. The molecule has 0 atom stereocenters. The summed E-state index contributed by atoms with van der Waals surface area (Å²) in [5.74, 6) is 0. The third-order valence-electron chi connectivity index (χ3n) is 1.98. The van der Waals surface area contributed by atoms with E-state index in [9.17, 15) is 0 Å². The van der Waals surface area contributed by atoms with Gasteiger partial charge in [-0.05, 0) is 30.0 Å². The molecule has 1 aromatic carbocycles. The Kier molecular flexibility index (Phi) is 2.49. The highest BCUT2D eigenvalue weighted by Crippen LogP contribution is 2.12. The van der Waals surface area contributed by atoms with Gasteiger partial charge in [-0.25, -0.2) is 0 Å². The minimum Gasteiger partial charge on any atom is -0.396 e. The van der Waals surface area contributed by atoms with Crippen molar-refractivity contribution in [3.8, 4) is 0 Å². The van der Waals surface area contributed by atoms with Gasteiger partial charge in [0.2, 0.25) is 0 Å². The largest absolute Gasteiger partial charge is 0.396 e. The molecule has 0 unspecified atom stereocenters. The van der Waals surface area contributed by atoms with E-state index in [2.05, 4.69) is 16.2 Å². The van der Waals surface area contributed by atoms with Gasteiger partial charge in [0.25, 0.3) is 0 Å². The van der Waals surface area contributed by atoms with E-state index in [0.29, 0.717) is 6.61 Å². The Morgan fingerprint density at radius 3 is 3.21 bits per heavy atom. The fourth-order valence-electron chi connectivity index (χ4n) is 1.32. The number of nitrogens with one attached hydrogen (secondary N) is 1. The minimum absolute atomic E-state index is 0.598. The zero-order chi connectivity index (χ0) is 9.80. The van der Waals surface area contributed by atoms with Gasteiger partial charge in [0.05, 0.1) is 6.21 Å². The molecule has 1 heterocycles. The van der Waals surface area contributed by atoms with Crippen LogP contribution in [0.1, 0.15) is 12.5 Å². The van der Waals surface area contributed by atoms with Crippen molar-refractivity contribution < 1.29 is 4.84 Å². The minimum atomic E-state index is 0.598. The van der Waals surface area contributed by atoms with E-state index in [1.54, 1.807) is 6.21 Å². The summed E-state index contributed by atoms with van der Waals surface area (Å²) in [4.78, 5) is 8.04. The van der Waals surface area contributed by atoms with Crippen molar-refractivity contribution in [3.05, 3.63) is 36.0 Å². The van der Waals surface area contributed by atoms with Crippen LogP contribution >= 0.6 is 0 Å². The first kappa shape index (κ1) is 8.81. The number of nitrogens with zero attached hydrogens (tertiary/aromatic N) is 1. The lowest BCUT2D eigenvalue weighted by atomic mass is 10.2. The number of hydrogen-bond donors (Lipinski definition) is 1. The molecule has 14 heavy (non-hydrogen) atoms. The van der Waals surface area contributed by atoms with Crippen LogP contribution in [0.15, 0.2) is 35.6 Å². The van der Waals surface area contributed by atoms with E-state index in [1.807, 2.05) is 31.3 Å². The van der Waals surface area contributed by atoms with Crippen molar-refractivity contribution in [2.75, 3.05) is 6.61 Å². The van der Waals surface area contributed by atoms with Crippen molar-refractivity contribution in [1.82, 2.24) is 4.98 Å².